The van der Waals surface area contributed by atoms with Crippen molar-refractivity contribution in [3.63, 3.8) is 0 Å². The summed E-state index contributed by atoms with van der Waals surface area (Å²) in [5, 5.41) is 0. The number of methoxy groups -OCH3 is 2. The van der Waals surface area contributed by atoms with E-state index in [2.05, 4.69) is 4.99 Å². The van der Waals surface area contributed by atoms with Gasteiger partial charge in [0.15, 0.2) is 6.23 Å². The van der Waals surface area contributed by atoms with Crippen LogP contribution in [0.2, 0.25) is 0 Å². The molecule has 1 aliphatic rings. The largest absolute Gasteiger partial charge is 0.496 e. The fourth-order valence-electron chi connectivity index (χ4n) is 1.44. The Morgan fingerprint density at radius 1 is 1.33 bits per heavy atom. The summed E-state index contributed by atoms with van der Waals surface area (Å²) in [6, 6.07) is 7.62. The molecule has 0 radical (unpaired) electrons. The van der Waals surface area contributed by atoms with E-state index >= 15 is 0 Å². The zero-order valence-electron chi connectivity index (χ0n) is 8.77. The third kappa shape index (κ3) is 1.94. The highest BCUT2D eigenvalue weighted by Crippen LogP contribution is 2.21. The summed E-state index contributed by atoms with van der Waals surface area (Å²) in [5.74, 6) is 1.34. The molecule has 2 rings (SSSR count). The summed E-state index contributed by atoms with van der Waals surface area (Å²) in [5.41, 5.74) is 0.861. The molecule has 0 spiro atoms. The van der Waals surface area contributed by atoms with Gasteiger partial charge in [-0.05, 0) is 12.1 Å². The van der Waals surface area contributed by atoms with E-state index in [0.29, 0.717) is 12.5 Å². The molecule has 0 amide bonds. The van der Waals surface area contributed by atoms with Gasteiger partial charge >= 0.3 is 0 Å². The predicted octanol–water partition coefficient (Wildman–Crippen LogP) is 1.44. The number of ether oxygens (including phenoxy) is 3. The van der Waals surface area contributed by atoms with Crippen LogP contribution in [-0.2, 0) is 9.47 Å². The lowest BCUT2D eigenvalue weighted by atomic mass is 10.2. The van der Waals surface area contributed by atoms with Gasteiger partial charge in [0.25, 0.3) is 0 Å². The first-order valence-electron chi connectivity index (χ1n) is 4.72. The molecule has 1 unspecified atom stereocenters. The van der Waals surface area contributed by atoms with Crippen LogP contribution >= 0.6 is 0 Å². The van der Waals surface area contributed by atoms with Crippen molar-refractivity contribution in [3.8, 4) is 5.75 Å². The Balaban J connectivity index is 2.30. The van der Waals surface area contributed by atoms with E-state index in [1.54, 1.807) is 14.2 Å². The lowest BCUT2D eigenvalue weighted by Crippen LogP contribution is -2.07. The smallest absolute Gasteiger partial charge is 0.222 e. The van der Waals surface area contributed by atoms with E-state index in [-0.39, 0.29) is 6.23 Å². The monoisotopic (exact) mass is 207 g/mol. The minimum atomic E-state index is -0.204. The summed E-state index contributed by atoms with van der Waals surface area (Å²) in [4.78, 5) is 4.28. The average Bonchev–Trinajstić information content (AvgIpc) is 2.77. The highest BCUT2D eigenvalue weighted by molar-refractivity contribution is 5.97. The van der Waals surface area contributed by atoms with Crippen LogP contribution in [0, 0.1) is 0 Å². The second-order valence-corrected chi connectivity index (χ2v) is 3.14. The summed E-state index contributed by atoms with van der Waals surface area (Å²) in [6.45, 7) is 0.462. The van der Waals surface area contributed by atoms with Gasteiger partial charge < -0.3 is 14.2 Å². The Morgan fingerprint density at radius 3 is 2.80 bits per heavy atom. The number of para-hydroxylation sites is 1. The lowest BCUT2D eigenvalue weighted by Gasteiger charge is -2.06. The summed E-state index contributed by atoms with van der Waals surface area (Å²) >= 11 is 0. The van der Waals surface area contributed by atoms with Crippen LogP contribution in [0.15, 0.2) is 29.3 Å². The first-order chi connectivity index (χ1) is 7.35. The fourth-order valence-corrected chi connectivity index (χ4v) is 1.44. The first-order valence-corrected chi connectivity index (χ1v) is 4.72. The molecule has 4 nitrogen and oxygen atoms in total. The van der Waals surface area contributed by atoms with Gasteiger partial charge in [0, 0.05) is 7.11 Å². The molecule has 0 N–H and O–H groups in total. The lowest BCUT2D eigenvalue weighted by molar-refractivity contribution is 0.0833. The van der Waals surface area contributed by atoms with Crippen molar-refractivity contribution in [2.24, 2.45) is 4.99 Å². The molecular weight excluding hydrogens is 194 g/mol. The van der Waals surface area contributed by atoms with Gasteiger partial charge in [-0.15, -0.1) is 0 Å². The van der Waals surface area contributed by atoms with Crippen LogP contribution in [0.3, 0.4) is 0 Å². The van der Waals surface area contributed by atoms with Crippen molar-refractivity contribution in [1.82, 2.24) is 0 Å². The van der Waals surface area contributed by atoms with Crippen LogP contribution in [-0.4, -0.2) is 33.0 Å². The van der Waals surface area contributed by atoms with Crippen molar-refractivity contribution < 1.29 is 14.2 Å². The van der Waals surface area contributed by atoms with Gasteiger partial charge in [-0.3, -0.25) is 0 Å². The molecule has 1 heterocycles. The second-order valence-electron chi connectivity index (χ2n) is 3.14. The van der Waals surface area contributed by atoms with Crippen molar-refractivity contribution in [1.29, 1.82) is 0 Å². The normalized spacial score (nSPS) is 19.6. The van der Waals surface area contributed by atoms with E-state index in [1.807, 2.05) is 24.3 Å². The number of benzene rings is 1. The molecule has 1 aromatic carbocycles. The molecule has 4 heteroatoms. The summed E-state index contributed by atoms with van der Waals surface area (Å²) < 4.78 is 15.7. The molecule has 15 heavy (non-hydrogen) atoms. The number of aliphatic imine (C=N–C) groups is 1. The van der Waals surface area contributed by atoms with Gasteiger partial charge in [-0.1, -0.05) is 12.1 Å². The number of nitrogens with zero attached hydrogens (tertiary/aromatic N) is 1. The zero-order chi connectivity index (χ0) is 10.7. The molecule has 1 atom stereocenters. The highest BCUT2D eigenvalue weighted by Gasteiger charge is 2.21. The van der Waals surface area contributed by atoms with Crippen LogP contribution in [0.25, 0.3) is 0 Å². The Morgan fingerprint density at radius 2 is 2.13 bits per heavy atom. The maximum absolute atomic E-state index is 5.43. The number of hydrogen-bond acceptors (Lipinski definition) is 4. The molecule has 80 valence electrons. The predicted molar refractivity (Wildman–Crippen MR) is 56.3 cm³/mol. The minimum absolute atomic E-state index is 0.204. The van der Waals surface area contributed by atoms with E-state index in [4.69, 9.17) is 14.2 Å². The third-order valence-corrected chi connectivity index (χ3v) is 2.23. The van der Waals surface area contributed by atoms with Crippen LogP contribution in [0.4, 0.5) is 0 Å². The van der Waals surface area contributed by atoms with Crippen molar-refractivity contribution in [2.75, 3.05) is 20.8 Å². The van der Waals surface area contributed by atoms with Crippen molar-refractivity contribution in [3.05, 3.63) is 29.8 Å². The average molecular weight is 207 g/mol. The molecule has 0 saturated heterocycles. The maximum atomic E-state index is 5.43. The Kier molecular flexibility index (Phi) is 2.87. The SMILES string of the molecule is COc1ccccc1C1=NC(OC)CO1. The van der Waals surface area contributed by atoms with Gasteiger partial charge in [-0.25, -0.2) is 4.99 Å². The number of hydrogen-bond donors (Lipinski definition) is 0. The molecular formula is C11H13NO3. The van der Waals surface area contributed by atoms with E-state index in [0.717, 1.165) is 11.3 Å². The van der Waals surface area contributed by atoms with Crippen molar-refractivity contribution in [2.45, 2.75) is 6.23 Å². The molecule has 0 saturated carbocycles. The summed E-state index contributed by atoms with van der Waals surface area (Å²) in [7, 11) is 3.24. The van der Waals surface area contributed by atoms with Crippen LogP contribution in [0.1, 0.15) is 5.56 Å². The van der Waals surface area contributed by atoms with Gasteiger partial charge in [0.05, 0.1) is 12.7 Å². The van der Waals surface area contributed by atoms with E-state index < -0.39 is 0 Å². The number of rotatable bonds is 3. The van der Waals surface area contributed by atoms with Crippen LogP contribution in [0.5, 0.6) is 5.75 Å². The molecule has 0 aliphatic carbocycles. The Bertz CT molecular complexity index is 376. The zero-order valence-corrected chi connectivity index (χ0v) is 8.77. The quantitative estimate of drug-likeness (QED) is 0.753. The van der Waals surface area contributed by atoms with Gasteiger partial charge in [-0.2, -0.15) is 0 Å². The fraction of sp³-hybridized carbons (Fsp3) is 0.364. The van der Waals surface area contributed by atoms with Gasteiger partial charge in [0.2, 0.25) is 5.90 Å². The third-order valence-electron chi connectivity index (χ3n) is 2.23. The topological polar surface area (TPSA) is 40.0 Å². The van der Waals surface area contributed by atoms with E-state index in [1.165, 1.54) is 0 Å². The molecule has 0 aromatic heterocycles. The molecule has 1 aliphatic heterocycles. The van der Waals surface area contributed by atoms with Gasteiger partial charge in [0.1, 0.15) is 12.4 Å². The Labute approximate surface area is 88.5 Å². The molecule has 0 fully saturated rings. The molecule has 0 bridgehead atoms. The van der Waals surface area contributed by atoms with Crippen LogP contribution < -0.4 is 4.74 Å². The van der Waals surface area contributed by atoms with E-state index in [9.17, 15) is 0 Å². The minimum Gasteiger partial charge on any atom is -0.496 e. The Hall–Kier alpha value is -1.55. The standard InChI is InChI=1S/C11H13NO3/c1-13-9-6-4-3-5-8(9)11-12-10(14-2)7-15-11/h3-6,10H,7H2,1-2H3. The highest BCUT2D eigenvalue weighted by atomic mass is 16.6. The second kappa shape index (κ2) is 4.31. The summed E-state index contributed by atoms with van der Waals surface area (Å²) in [6.07, 6.45) is -0.204. The van der Waals surface area contributed by atoms with Crippen molar-refractivity contribution >= 4 is 5.90 Å². The molecule has 1 aromatic rings. The maximum Gasteiger partial charge on any atom is 0.222 e. The first kappa shape index (κ1) is 9.98.